The highest BCUT2D eigenvalue weighted by Crippen LogP contribution is 2.31. The van der Waals surface area contributed by atoms with Crippen LogP contribution in [0.1, 0.15) is 26.7 Å². The molecule has 0 spiro atoms. The van der Waals surface area contributed by atoms with Gasteiger partial charge in [-0.3, -0.25) is 0 Å². The van der Waals surface area contributed by atoms with Gasteiger partial charge >= 0.3 is 0 Å². The van der Waals surface area contributed by atoms with Crippen molar-refractivity contribution in [3.8, 4) is 5.95 Å². The smallest absolute Gasteiger partial charge is 0.257 e. The Hall–Kier alpha value is -2.18. The van der Waals surface area contributed by atoms with Crippen LogP contribution in [-0.4, -0.2) is 44.9 Å². The maximum absolute atomic E-state index is 4.56. The molecule has 1 fully saturated rings. The van der Waals surface area contributed by atoms with E-state index >= 15 is 0 Å². The molecule has 112 valence electrons. The van der Waals surface area contributed by atoms with Crippen LogP contribution in [0.3, 0.4) is 0 Å². The lowest BCUT2D eigenvalue weighted by atomic mass is 9.83. The van der Waals surface area contributed by atoms with Crippen molar-refractivity contribution in [2.75, 3.05) is 30.4 Å². The molecule has 0 atom stereocenters. The zero-order valence-electron chi connectivity index (χ0n) is 12.7. The third-order valence-corrected chi connectivity index (χ3v) is 3.94. The van der Waals surface area contributed by atoms with Crippen LogP contribution in [0.15, 0.2) is 18.5 Å². The molecular weight excluding hydrogens is 266 g/mol. The Kier molecular flexibility index (Phi) is 3.48. The van der Waals surface area contributed by atoms with E-state index in [2.05, 4.69) is 44.1 Å². The summed E-state index contributed by atoms with van der Waals surface area (Å²) in [6.45, 7) is 6.56. The van der Waals surface area contributed by atoms with E-state index in [4.69, 9.17) is 0 Å². The first-order valence-electron chi connectivity index (χ1n) is 7.26. The molecule has 3 heterocycles. The summed E-state index contributed by atoms with van der Waals surface area (Å²) in [6.07, 6.45) is 5.83. The largest absolute Gasteiger partial charge is 0.357 e. The Morgan fingerprint density at radius 2 is 1.81 bits per heavy atom. The summed E-state index contributed by atoms with van der Waals surface area (Å²) < 4.78 is 1.65. The van der Waals surface area contributed by atoms with E-state index in [-0.39, 0.29) is 0 Å². The molecule has 1 aliphatic heterocycles. The minimum absolute atomic E-state index is 0.403. The lowest BCUT2D eigenvalue weighted by molar-refractivity contribution is 0.278. The van der Waals surface area contributed by atoms with Gasteiger partial charge in [0.1, 0.15) is 0 Å². The van der Waals surface area contributed by atoms with Crippen LogP contribution in [0.25, 0.3) is 5.95 Å². The topological polar surface area (TPSA) is 71.8 Å². The minimum atomic E-state index is 0.403. The summed E-state index contributed by atoms with van der Waals surface area (Å²) in [5, 5.41) is 7.18. The summed E-state index contributed by atoms with van der Waals surface area (Å²) in [7, 11) is 1.81. The van der Waals surface area contributed by atoms with Crippen molar-refractivity contribution in [2.45, 2.75) is 26.7 Å². The van der Waals surface area contributed by atoms with Crippen molar-refractivity contribution in [3.63, 3.8) is 0 Å². The highest BCUT2D eigenvalue weighted by molar-refractivity contribution is 5.40. The molecule has 1 saturated heterocycles. The first-order chi connectivity index (χ1) is 10.1. The zero-order chi connectivity index (χ0) is 14.9. The van der Waals surface area contributed by atoms with Crippen molar-refractivity contribution in [1.82, 2.24) is 24.7 Å². The predicted molar refractivity (Wildman–Crippen MR) is 81.7 cm³/mol. The minimum Gasteiger partial charge on any atom is -0.357 e. The number of piperidine rings is 1. The first-order valence-corrected chi connectivity index (χ1v) is 7.26. The second kappa shape index (κ2) is 5.31. The van der Waals surface area contributed by atoms with Gasteiger partial charge in [0.05, 0.1) is 0 Å². The maximum atomic E-state index is 4.56. The molecular formula is C14H21N7. The number of hydrogen-bond acceptors (Lipinski definition) is 6. The number of aromatic nitrogens is 5. The fourth-order valence-electron chi connectivity index (χ4n) is 2.41. The fraction of sp³-hybridized carbons (Fsp3) is 0.571. The molecule has 0 bridgehead atoms. The van der Waals surface area contributed by atoms with E-state index in [1.807, 2.05) is 19.3 Å². The second-order valence-electron chi connectivity index (χ2n) is 6.11. The quantitative estimate of drug-likeness (QED) is 0.927. The number of nitrogens with zero attached hydrogens (tertiary/aromatic N) is 6. The van der Waals surface area contributed by atoms with Gasteiger partial charge in [-0.25, -0.2) is 4.68 Å². The van der Waals surface area contributed by atoms with Crippen LogP contribution >= 0.6 is 0 Å². The van der Waals surface area contributed by atoms with Gasteiger partial charge in [0, 0.05) is 32.5 Å². The Morgan fingerprint density at radius 3 is 2.43 bits per heavy atom. The fourth-order valence-corrected chi connectivity index (χ4v) is 2.41. The highest BCUT2D eigenvalue weighted by Gasteiger charge is 2.27. The van der Waals surface area contributed by atoms with Crippen molar-refractivity contribution in [1.29, 1.82) is 0 Å². The molecule has 2 aromatic rings. The van der Waals surface area contributed by atoms with Gasteiger partial charge < -0.3 is 10.2 Å². The van der Waals surface area contributed by atoms with Crippen molar-refractivity contribution < 1.29 is 0 Å². The monoisotopic (exact) mass is 287 g/mol. The molecule has 1 N–H and O–H groups in total. The van der Waals surface area contributed by atoms with E-state index in [1.165, 1.54) is 0 Å². The van der Waals surface area contributed by atoms with Crippen LogP contribution in [0.4, 0.5) is 11.9 Å². The van der Waals surface area contributed by atoms with E-state index in [0.29, 0.717) is 17.3 Å². The molecule has 7 heteroatoms. The summed E-state index contributed by atoms with van der Waals surface area (Å²) in [4.78, 5) is 15.6. The maximum Gasteiger partial charge on any atom is 0.257 e. The molecule has 0 saturated carbocycles. The average molecular weight is 287 g/mol. The van der Waals surface area contributed by atoms with E-state index < -0.39 is 0 Å². The highest BCUT2D eigenvalue weighted by atomic mass is 15.4. The van der Waals surface area contributed by atoms with Crippen LogP contribution in [0.5, 0.6) is 0 Å². The van der Waals surface area contributed by atoms with Gasteiger partial charge in [0.2, 0.25) is 11.9 Å². The molecule has 7 nitrogen and oxygen atoms in total. The van der Waals surface area contributed by atoms with Crippen LogP contribution in [0.2, 0.25) is 0 Å². The Morgan fingerprint density at radius 1 is 1.10 bits per heavy atom. The predicted octanol–water partition coefficient (Wildman–Crippen LogP) is 1.73. The Bertz CT molecular complexity index is 596. The normalized spacial score (nSPS) is 17.8. The summed E-state index contributed by atoms with van der Waals surface area (Å²) >= 11 is 0. The Balaban J connectivity index is 1.90. The molecule has 21 heavy (non-hydrogen) atoms. The SMILES string of the molecule is CNc1nc(N2CCC(C)(C)CC2)nc(-n2cccn2)n1. The van der Waals surface area contributed by atoms with Crippen molar-refractivity contribution >= 4 is 11.9 Å². The number of rotatable bonds is 3. The van der Waals surface area contributed by atoms with Crippen molar-refractivity contribution in [3.05, 3.63) is 18.5 Å². The summed E-state index contributed by atoms with van der Waals surface area (Å²) in [6, 6.07) is 1.85. The van der Waals surface area contributed by atoms with Crippen molar-refractivity contribution in [2.24, 2.45) is 5.41 Å². The van der Waals surface area contributed by atoms with E-state index in [1.54, 1.807) is 10.9 Å². The van der Waals surface area contributed by atoms with Gasteiger partial charge in [-0.15, -0.1) is 0 Å². The molecule has 0 amide bonds. The molecule has 3 rings (SSSR count). The molecule has 0 aromatic carbocycles. The third kappa shape index (κ3) is 2.96. The van der Waals surface area contributed by atoms with E-state index in [9.17, 15) is 0 Å². The Labute approximate surface area is 124 Å². The lowest BCUT2D eigenvalue weighted by Crippen LogP contribution is -2.38. The van der Waals surface area contributed by atoms with Crippen LogP contribution in [-0.2, 0) is 0 Å². The summed E-state index contributed by atoms with van der Waals surface area (Å²) in [5.41, 5.74) is 0.403. The lowest BCUT2D eigenvalue weighted by Gasteiger charge is -2.36. The third-order valence-electron chi connectivity index (χ3n) is 3.94. The zero-order valence-corrected chi connectivity index (χ0v) is 12.7. The first kappa shape index (κ1) is 13.8. The van der Waals surface area contributed by atoms with Crippen LogP contribution < -0.4 is 10.2 Å². The van der Waals surface area contributed by atoms with Gasteiger partial charge in [-0.2, -0.15) is 20.1 Å². The molecule has 2 aromatic heterocycles. The van der Waals surface area contributed by atoms with Gasteiger partial charge in [-0.1, -0.05) is 13.8 Å². The molecule has 0 unspecified atom stereocenters. The van der Waals surface area contributed by atoms with Crippen LogP contribution in [0, 0.1) is 5.41 Å². The number of nitrogens with one attached hydrogen (secondary N) is 1. The molecule has 0 radical (unpaired) electrons. The molecule has 0 aliphatic carbocycles. The number of anilines is 2. The summed E-state index contributed by atoms with van der Waals surface area (Å²) in [5.74, 6) is 1.82. The number of hydrogen-bond donors (Lipinski definition) is 1. The standard InChI is InChI=1S/C14H21N7/c1-14(2)5-9-20(10-6-14)12-17-11(15-3)18-13(19-12)21-8-4-7-16-21/h4,7-8H,5-6,9-10H2,1-3H3,(H,15,17,18,19). The van der Waals surface area contributed by atoms with Gasteiger partial charge in [-0.05, 0) is 24.3 Å². The molecule has 1 aliphatic rings. The van der Waals surface area contributed by atoms with E-state index in [0.717, 1.165) is 31.9 Å². The average Bonchev–Trinajstić information content (AvgIpc) is 3.01. The second-order valence-corrected chi connectivity index (χ2v) is 6.11. The van der Waals surface area contributed by atoms with Gasteiger partial charge in [0.25, 0.3) is 5.95 Å². The van der Waals surface area contributed by atoms with Gasteiger partial charge in [0.15, 0.2) is 0 Å².